The van der Waals surface area contributed by atoms with E-state index < -0.39 is 0 Å². The number of rotatable bonds is 5. The molecule has 0 aliphatic carbocycles. The van der Waals surface area contributed by atoms with E-state index in [9.17, 15) is 4.79 Å². The number of anilines is 1. The second kappa shape index (κ2) is 8.95. The molecule has 1 saturated heterocycles. The molecule has 1 amide bonds. The first kappa shape index (κ1) is 21.0. The van der Waals surface area contributed by atoms with Crippen molar-refractivity contribution in [3.05, 3.63) is 60.8 Å². The third-order valence-electron chi connectivity index (χ3n) is 5.80. The van der Waals surface area contributed by atoms with Crippen LogP contribution in [-0.4, -0.2) is 61.8 Å². The van der Waals surface area contributed by atoms with Gasteiger partial charge in [-0.25, -0.2) is 9.97 Å². The molecule has 5 heterocycles. The minimum atomic E-state index is -0.265. The Morgan fingerprint density at radius 3 is 2.64 bits per heavy atom. The maximum absolute atomic E-state index is 12.9. The second-order valence-electron chi connectivity index (χ2n) is 8.35. The van der Waals surface area contributed by atoms with Gasteiger partial charge in [0.25, 0.3) is 5.91 Å². The van der Waals surface area contributed by atoms with E-state index in [4.69, 9.17) is 4.74 Å². The first-order chi connectivity index (χ1) is 16.0. The summed E-state index contributed by atoms with van der Waals surface area (Å²) in [6, 6.07) is 7.15. The lowest BCUT2D eigenvalue weighted by molar-refractivity contribution is 0.101. The van der Waals surface area contributed by atoms with E-state index in [0.717, 1.165) is 48.0 Å². The van der Waals surface area contributed by atoms with Gasteiger partial charge in [0, 0.05) is 67.5 Å². The number of carbonyl (C=O) groups is 1. The molecule has 33 heavy (non-hydrogen) atoms. The van der Waals surface area contributed by atoms with Gasteiger partial charge in [-0.3, -0.25) is 14.5 Å². The number of hydrogen-bond acceptors (Lipinski definition) is 7. The van der Waals surface area contributed by atoms with E-state index in [-0.39, 0.29) is 12.0 Å². The molecule has 168 valence electrons. The maximum atomic E-state index is 12.9. The highest BCUT2D eigenvalue weighted by Crippen LogP contribution is 2.23. The lowest BCUT2D eigenvalue weighted by Crippen LogP contribution is -2.35. The fraction of sp³-hybridized carbons (Fsp3) is 0.292. The minimum Gasteiger partial charge on any atom is -0.474 e. The molecule has 0 unspecified atom stereocenters. The van der Waals surface area contributed by atoms with Crippen LogP contribution in [0.4, 0.5) is 5.82 Å². The number of likely N-dealkylation sites (tertiary alicyclic amines) is 1. The summed E-state index contributed by atoms with van der Waals surface area (Å²) in [5.41, 5.74) is 2.21. The van der Waals surface area contributed by atoms with Crippen LogP contribution in [0.15, 0.2) is 55.2 Å². The van der Waals surface area contributed by atoms with E-state index in [1.807, 2.05) is 25.4 Å². The highest BCUT2D eigenvalue weighted by molar-refractivity contribution is 6.04. The Morgan fingerprint density at radius 1 is 1.03 bits per heavy atom. The van der Waals surface area contributed by atoms with Gasteiger partial charge < -0.3 is 15.0 Å². The fourth-order valence-electron chi connectivity index (χ4n) is 3.89. The van der Waals surface area contributed by atoms with Crippen molar-refractivity contribution < 1.29 is 9.53 Å². The molecule has 0 spiro atoms. The van der Waals surface area contributed by atoms with Crippen molar-refractivity contribution in [1.29, 1.82) is 0 Å². The van der Waals surface area contributed by atoms with Crippen LogP contribution in [-0.2, 0) is 7.05 Å². The lowest BCUT2D eigenvalue weighted by Gasteiger charge is -2.28. The number of pyridine rings is 3. The standard InChI is InChI=1S/C24H25N7O2/c1-30-7-4-20(5-8-30)33-23-11-16(3-6-25-23)24(32)29-22-10-17-9-21(19-14-28-31(2)15-19)26-12-18(17)13-27-22/h3,6,9-15,20H,4-5,7-8H2,1-2H3,(H,27,29,32). The highest BCUT2D eigenvalue weighted by Gasteiger charge is 2.19. The van der Waals surface area contributed by atoms with Gasteiger partial charge in [0.2, 0.25) is 5.88 Å². The SMILES string of the molecule is CN1CCC(Oc2cc(C(=O)Nc3cc4cc(-c5cnn(C)c5)ncc4cn3)ccn2)CC1. The maximum Gasteiger partial charge on any atom is 0.257 e. The molecule has 0 bridgehead atoms. The van der Waals surface area contributed by atoms with Gasteiger partial charge in [0.1, 0.15) is 11.9 Å². The number of amides is 1. The van der Waals surface area contributed by atoms with Crippen molar-refractivity contribution in [3.63, 3.8) is 0 Å². The molecule has 4 aromatic rings. The van der Waals surface area contributed by atoms with Crippen molar-refractivity contribution in [1.82, 2.24) is 29.6 Å². The number of nitrogens with one attached hydrogen (secondary N) is 1. The average Bonchev–Trinajstić information content (AvgIpc) is 3.26. The Labute approximate surface area is 191 Å². The van der Waals surface area contributed by atoms with Gasteiger partial charge in [-0.05, 0) is 43.5 Å². The Hall–Kier alpha value is -3.85. The molecule has 0 saturated carbocycles. The van der Waals surface area contributed by atoms with Gasteiger partial charge in [-0.2, -0.15) is 5.10 Å². The van der Waals surface area contributed by atoms with Crippen LogP contribution in [0.2, 0.25) is 0 Å². The summed E-state index contributed by atoms with van der Waals surface area (Å²) < 4.78 is 7.75. The van der Waals surface area contributed by atoms with Gasteiger partial charge in [0.15, 0.2) is 0 Å². The number of piperidine rings is 1. The number of aryl methyl sites for hydroxylation is 1. The number of nitrogens with zero attached hydrogens (tertiary/aromatic N) is 6. The smallest absolute Gasteiger partial charge is 0.257 e. The number of aromatic nitrogens is 5. The molecule has 0 atom stereocenters. The molecular formula is C24H25N7O2. The summed E-state index contributed by atoms with van der Waals surface area (Å²) >= 11 is 0. The molecule has 4 aromatic heterocycles. The predicted molar refractivity (Wildman–Crippen MR) is 125 cm³/mol. The number of ether oxygens (including phenoxy) is 1. The van der Waals surface area contributed by atoms with Crippen LogP contribution < -0.4 is 10.1 Å². The Morgan fingerprint density at radius 2 is 1.85 bits per heavy atom. The van der Waals surface area contributed by atoms with Gasteiger partial charge in [0.05, 0.1) is 11.9 Å². The number of hydrogen-bond donors (Lipinski definition) is 1. The van der Waals surface area contributed by atoms with Gasteiger partial charge >= 0.3 is 0 Å². The third kappa shape index (κ3) is 4.83. The van der Waals surface area contributed by atoms with Crippen LogP contribution in [0, 0.1) is 0 Å². The van der Waals surface area contributed by atoms with Gasteiger partial charge in [-0.15, -0.1) is 0 Å². The zero-order valence-electron chi connectivity index (χ0n) is 18.6. The molecule has 5 rings (SSSR count). The van der Waals surface area contributed by atoms with E-state index >= 15 is 0 Å². The lowest BCUT2D eigenvalue weighted by atomic mass is 10.1. The fourth-order valence-corrected chi connectivity index (χ4v) is 3.89. The molecule has 1 fully saturated rings. The van der Waals surface area contributed by atoms with Crippen molar-refractivity contribution >= 4 is 22.5 Å². The number of carbonyl (C=O) groups excluding carboxylic acids is 1. The van der Waals surface area contributed by atoms with E-state index in [1.54, 1.807) is 41.6 Å². The minimum absolute atomic E-state index is 0.122. The molecule has 0 aromatic carbocycles. The van der Waals surface area contributed by atoms with E-state index in [0.29, 0.717) is 17.3 Å². The van der Waals surface area contributed by atoms with Crippen molar-refractivity contribution in [2.24, 2.45) is 7.05 Å². The molecule has 1 aliphatic rings. The zero-order chi connectivity index (χ0) is 22.8. The molecule has 9 heteroatoms. The normalized spacial score (nSPS) is 15.0. The summed E-state index contributed by atoms with van der Waals surface area (Å²) in [7, 11) is 3.97. The first-order valence-corrected chi connectivity index (χ1v) is 10.9. The van der Waals surface area contributed by atoms with Crippen molar-refractivity contribution in [3.8, 4) is 17.1 Å². The quantitative estimate of drug-likeness (QED) is 0.506. The van der Waals surface area contributed by atoms with Crippen LogP contribution in [0.1, 0.15) is 23.2 Å². The topological polar surface area (TPSA) is 98.1 Å². The number of fused-ring (bicyclic) bond motifs is 1. The van der Waals surface area contributed by atoms with Crippen LogP contribution in [0.25, 0.3) is 22.0 Å². The highest BCUT2D eigenvalue weighted by atomic mass is 16.5. The monoisotopic (exact) mass is 443 g/mol. The molecule has 1 aliphatic heterocycles. The summed E-state index contributed by atoms with van der Waals surface area (Å²) in [6.45, 7) is 1.99. The summed E-state index contributed by atoms with van der Waals surface area (Å²) in [5, 5.41) is 8.89. The Bertz CT molecular complexity index is 1290. The molecule has 1 N–H and O–H groups in total. The average molecular weight is 444 g/mol. The molecule has 0 radical (unpaired) electrons. The molecular weight excluding hydrogens is 418 g/mol. The van der Waals surface area contributed by atoms with E-state index in [2.05, 4.69) is 37.3 Å². The summed E-state index contributed by atoms with van der Waals surface area (Å²) in [6.07, 6.45) is 10.8. The second-order valence-corrected chi connectivity index (χ2v) is 8.35. The van der Waals surface area contributed by atoms with Crippen molar-refractivity contribution in [2.45, 2.75) is 18.9 Å². The first-order valence-electron chi connectivity index (χ1n) is 10.9. The molecule has 9 nitrogen and oxygen atoms in total. The largest absolute Gasteiger partial charge is 0.474 e. The van der Waals surface area contributed by atoms with Crippen LogP contribution in [0.5, 0.6) is 5.88 Å². The summed E-state index contributed by atoms with van der Waals surface area (Å²) in [5.74, 6) is 0.667. The van der Waals surface area contributed by atoms with Gasteiger partial charge in [-0.1, -0.05) is 0 Å². The van der Waals surface area contributed by atoms with Crippen molar-refractivity contribution in [2.75, 3.05) is 25.5 Å². The zero-order valence-corrected chi connectivity index (χ0v) is 18.6. The predicted octanol–water partition coefficient (Wildman–Crippen LogP) is 3.15. The Kier molecular flexibility index (Phi) is 5.70. The third-order valence-corrected chi connectivity index (χ3v) is 5.80. The Balaban J connectivity index is 1.31. The van der Waals surface area contributed by atoms with Crippen LogP contribution >= 0.6 is 0 Å². The summed E-state index contributed by atoms with van der Waals surface area (Å²) in [4.78, 5) is 28.3. The van der Waals surface area contributed by atoms with E-state index in [1.165, 1.54) is 0 Å². The van der Waals surface area contributed by atoms with Crippen LogP contribution in [0.3, 0.4) is 0 Å².